The fraction of sp³-hybridized carbons (Fsp3) is 0.400. The van der Waals surface area contributed by atoms with Crippen molar-refractivity contribution < 1.29 is 14.0 Å². The molecule has 1 aromatic rings. The van der Waals surface area contributed by atoms with E-state index in [-0.39, 0.29) is 11.7 Å². The van der Waals surface area contributed by atoms with Crippen molar-refractivity contribution in [1.29, 1.82) is 0 Å². The van der Waals surface area contributed by atoms with Crippen LogP contribution in [0.15, 0.2) is 22.8 Å². The van der Waals surface area contributed by atoms with Gasteiger partial charge in [-0.3, -0.25) is 9.59 Å². The van der Waals surface area contributed by atoms with Crippen LogP contribution in [0, 0.1) is 0 Å². The van der Waals surface area contributed by atoms with Gasteiger partial charge < -0.3 is 15.1 Å². The zero-order valence-electron chi connectivity index (χ0n) is 8.74. The summed E-state index contributed by atoms with van der Waals surface area (Å²) in [5, 5.41) is 5.13. The van der Waals surface area contributed by atoms with E-state index >= 15 is 0 Å². The minimum Gasteiger partial charge on any atom is -0.459 e. The van der Waals surface area contributed by atoms with Gasteiger partial charge in [0.25, 0.3) is 5.91 Å². The first-order chi connectivity index (χ1) is 7.15. The van der Waals surface area contributed by atoms with E-state index in [2.05, 4.69) is 10.6 Å². The Morgan fingerprint density at radius 3 is 2.80 bits per heavy atom. The molecule has 2 amide bonds. The second-order valence-electron chi connectivity index (χ2n) is 3.07. The van der Waals surface area contributed by atoms with Crippen molar-refractivity contribution in [1.82, 2.24) is 10.6 Å². The monoisotopic (exact) mass is 210 g/mol. The maximum atomic E-state index is 11.4. The van der Waals surface area contributed by atoms with Gasteiger partial charge in [0.05, 0.1) is 6.26 Å². The van der Waals surface area contributed by atoms with Gasteiger partial charge in [-0.2, -0.15) is 0 Å². The molecule has 0 saturated carbocycles. The Balaban J connectivity index is 2.48. The first-order valence-electron chi connectivity index (χ1n) is 4.77. The van der Waals surface area contributed by atoms with Gasteiger partial charge >= 0.3 is 0 Å². The number of amides is 2. The van der Waals surface area contributed by atoms with E-state index in [4.69, 9.17) is 4.42 Å². The standard InChI is InChI=1S/C10H14N2O3/c1-3-11-9(13)7(2)12-10(14)8-5-4-6-15-8/h4-7H,3H2,1-2H3,(H,11,13)(H,12,14)/t7-/m0/s1. The Bertz CT molecular complexity index is 332. The van der Waals surface area contributed by atoms with E-state index in [1.165, 1.54) is 6.26 Å². The average molecular weight is 210 g/mol. The van der Waals surface area contributed by atoms with Crippen LogP contribution in [0.2, 0.25) is 0 Å². The molecule has 0 aliphatic carbocycles. The highest BCUT2D eigenvalue weighted by atomic mass is 16.3. The summed E-state index contributed by atoms with van der Waals surface area (Å²) >= 11 is 0. The molecule has 0 bridgehead atoms. The molecule has 0 saturated heterocycles. The third-order valence-corrected chi connectivity index (χ3v) is 1.84. The third kappa shape index (κ3) is 3.12. The molecule has 2 N–H and O–H groups in total. The molecule has 15 heavy (non-hydrogen) atoms. The molecule has 1 atom stereocenters. The van der Waals surface area contributed by atoms with E-state index in [0.29, 0.717) is 6.54 Å². The van der Waals surface area contributed by atoms with Crippen LogP contribution in [0.4, 0.5) is 0 Å². The molecule has 1 heterocycles. The predicted molar refractivity (Wildman–Crippen MR) is 54.3 cm³/mol. The summed E-state index contributed by atoms with van der Waals surface area (Å²) in [6, 6.07) is 2.59. The quantitative estimate of drug-likeness (QED) is 0.761. The molecule has 1 aromatic heterocycles. The number of carbonyl (C=O) groups excluding carboxylic acids is 2. The number of nitrogens with one attached hydrogen (secondary N) is 2. The molecule has 0 aliphatic heterocycles. The van der Waals surface area contributed by atoms with E-state index in [1.54, 1.807) is 19.1 Å². The topological polar surface area (TPSA) is 71.3 Å². The van der Waals surface area contributed by atoms with Crippen molar-refractivity contribution in [3.63, 3.8) is 0 Å². The van der Waals surface area contributed by atoms with Crippen molar-refractivity contribution >= 4 is 11.8 Å². The SMILES string of the molecule is CCNC(=O)[C@H](C)NC(=O)c1ccco1. The largest absolute Gasteiger partial charge is 0.459 e. The molecule has 5 nitrogen and oxygen atoms in total. The van der Waals surface area contributed by atoms with Crippen molar-refractivity contribution in [2.75, 3.05) is 6.54 Å². The zero-order valence-corrected chi connectivity index (χ0v) is 8.74. The molecule has 0 aliphatic rings. The van der Waals surface area contributed by atoms with Crippen LogP contribution in [0.5, 0.6) is 0 Å². The lowest BCUT2D eigenvalue weighted by atomic mass is 10.3. The second-order valence-corrected chi connectivity index (χ2v) is 3.07. The lowest BCUT2D eigenvalue weighted by Crippen LogP contribution is -2.44. The van der Waals surface area contributed by atoms with Crippen LogP contribution in [0.1, 0.15) is 24.4 Å². The first-order valence-corrected chi connectivity index (χ1v) is 4.77. The number of hydrogen-bond donors (Lipinski definition) is 2. The number of rotatable bonds is 4. The lowest BCUT2D eigenvalue weighted by Gasteiger charge is -2.11. The van der Waals surface area contributed by atoms with Crippen LogP contribution in [-0.2, 0) is 4.79 Å². The van der Waals surface area contributed by atoms with Gasteiger partial charge in [0.15, 0.2) is 5.76 Å². The van der Waals surface area contributed by atoms with Crippen molar-refractivity contribution in [2.45, 2.75) is 19.9 Å². The maximum absolute atomic E-state index is 11.4. The van der Waals surface area contributed by atoms with Gasteiger partial charge in [0.1, 0.15) is 6.04 Å². The molecule has 0 spiro atoms. The Kier molecular flexibility index (Phi) is 3.91. The molecule has 0 unspecified atom stereocenters. The minimum atomic E-state index is -0.567. The predicted octanol–water partition coefficient (Wildman–Crippen LogP) is 0.534. The number of furan rings is 1. The Morgan fingerprint density at radius 1 is 1.53 bits per heavy atom. The van der Waals surface area contributed by atoms with Gasteiger partial charge in [-0.1, -0.05) is 0 Å². The molecule has 0 aromatic carbocycles. The third-order valence-electron chi connectivity index (χ3n) is 1.84. The highest BCUT2D eigenvalue weighted by molar-refractivity contribution is 5.95. The van der Waals surface area contributed by atoms with Crippen LogP contribution in [0.25, 0.3) is 0 Å². The van der Waals surface area contributed by atoms with Crippen LogP contribution >= 0.6 is 0 Å². The summed E-state index contributed by atoms with van der Waals surface area (Å²) < 4.78 is 4.89. The lowest BCUT2D eigenvalue weighted by molar-refractivity contribution is -0.122. The zero-order chi connectivity index (χ0) is 11.3. The maximum Gasteiger partial charge on any atom is 0.287 e. The van der Waals surface area contributed by atoms with Crippen LogP contribution in [-0.4, -0.2) is 24.4 Å². The molecule has 0 fully saturated rings. The fourth-order valence-electron chi connectivity index (χ4n) is 1.07. The average Bonchev–Trinajstić information content (AvgIpc) is 2.70. The van der Waals surface area contributed by atoms with Crippen LogP contribution < -0.4 is 10.6 Å². The number of carbonyl (C=O) groups is 2. The summed E-state index contributed by atoms with van der Waals surface area (Å²) in [5.74, 6) is -0.401. The Morgan fingerprint density at radius 2 is 2.27 bits per heavy atom. The van der Waals surface area contributed by atoms with Crippen molar-refractivity contribution in [3.05, 3.63) is 24.2 Å². The van der Waals surface area contributed by atoms with E-state index in [9.17, 15) is 9.59 Å². The summed E-state index contributed by atoms with van der Waals surface area (Å²) in [5.41, 5.74) is 0. The number of likely N-dealkylation sites (N-methyl/N-ethyl adjacent to an activating group) is 1. The smallest absolute Gasteiger partial charge is 0.287 e. The summed E-state index contributed by atoms with van der Waals surface area (Å²) in [4.78, 5) is 22.7. The van der Waals surface area contributed by atoms with Crippen molar-refractivity contribution in [2.24, 2.45) is 0 Å². The summed E-state index contributed by atoms with van der Waals surface area (Å²) in [7, 11) is 0. The Hall–Kier alpha value is -1.78. The highest BCUT2D eigenvalue weighted by Gasteiger charge is 2.16. The van der Waals surface area contributed by atoms with E-state index in [1.807, 2.05) is 6.92 Å². The van der Waals surface area contributed by atoms with E-state index in [0.717, 1.165) is 0 Å². The van der Waals surface area contributed by atoms with Gasteiger partial charge in [0.2, 0.25) is 5.91 Å². The van der Waals surface area contributed by atoms with Gasteiger partial charge in [-0.25, -0.2) is 0 Å². The molecule has 5 heteroatoms. The second kappa shape index (κ2) is 5.19. The van der Waals surface area contributed by atoms with Gasteiger partial charge in [-0.05, 0) is 26.0 Å². The summed E-state index contributed by atoms with van der Waals surface area (Å²) in [6.45, 7) is 3.98. The first kappa shape index (κ1) is 11.3. The summed E-state index contributed by atoms with van der Waals surface area (Å²) in [6.07, 6.45) is 1.41. The molecule has 82 valence electrons. The number of hydrogen-bond acceptors (Lipinski definition) is 3. The van der Waals surface area contributed by atoms with E-state index < -0.39 is 11.9 Å². The van der Waals surface area contributed by atoms with Crippen LogP contribution in [0.3, 0.4) is 0 Å². The molecule has 1 rings (SSSR count). The normalized spacial score (nSPS) is 11.9. The van der Waals surface area contributed by atoms with Gasteiger partial charge in [-0.15, -0.1) is 0 Å². The Labute approximate surface area is 87.8 Å². The van der Waals surface area contributed by atoms with Gasteiger partial charge in [0, 0.05) is 6.54 Å². The minimum absolute atomic E-state index is 0.200. The highest BCUT2D eigenvalue weighted by Crippen LogP contribution is 1.99. The van der Waals surface area contributed by atoms with Crippen molar-refractivity contribution in [3.8, 4) is 0 Å². The fourth-order valence-corrected chi connectivity index (χ4v) is 1.07. The molecular weight excluding hydrogens is 196 g/mol. The molecular formula is C10H14N2O3. The molecule has 0 radical (unpaired) electrons.